The summed E-state index contributed by atoms with van der Waals surface area (Å²) >= 11 is 0. The van der Waals surface area contributed by atoms with Crippen molar-refractivity contribution in [2.75, 3.05) is 30.8 Å². The summed E-state index contributed by atoms with van der Waals surface area (Å²) in [6.07, 6.45) is 1.57. The molecule has 3 rings (SSSR count). The van der Waals surface area contributed by atoms with E-state index in [2.05, 4.69) is 5.16 Å². The summed E-state index contributed by atoms with van der Waals surface area (Å²) < 4.78 is 4.90. The zero-order chi connectivity index (χ0) is 13.4. The molecule has 0 unspecified atom stereocenters. The molecule has 0 bridgehead atoms. The predicted octanol–water partition coefficient (Wildman–Crippen LogP) is 1.80. The van der Waals surface area contributed by atoms with Crippen molar-refractivity contribution in [3.63, 3.8) is 0 Å². The number of nitrogen functional groups attached to an aromatic ring is 1. The number of nitrogens with zero attached hydrogens (tertiary/aromatic N) is 3. The number of hydrogen-bond acceptors (Lipinski definition) is 4. The van der Waals surface area contributed by atoms with Crippen LogP contribution in [0.25, 0.3) is 11.1 Å². The standard InChI is InChI=1S/C13H14N4O2/c1-16-6-7-17(13(16)18)11-5-3-2-4-9(11)10-8-15-19-12(10)14/h2-5,8H,6-7,14H2,1H3. The molecule has 0 atom stereocenters. The van der Waals surface area contributed by atoms with Crippen molar-refractivity contribution in [2.45, 2.75) is 0 Å². The largest absolute Gasteiger partial charge is 0.367 e. The first-order chi connectivity index (χ1) is 9.18. The maximum atomic E-state index is 12.1. The van der Waals surface area contributed by atoms with E-state index in [-0.39, 0.29) is 11.9 Å². The van der Waals surface area contributed by atoms with Crippen LogP contribution in [0.1, 0.15) is 0 Å². The summed E-state index contributed by atoms with van der Waals surface area (Å²) in [5.74, 6) is 0.257. The fraction of sp³-hybridized carbons (Fsp3) is 0.231. The molecule has 6 heteroatoms. The van der Waals surface area contributed by atoms with E-state index < -0.39 is 0 Å². The number of anilines is 2. The van der Waals surface area contributed by atoms with Crippen LogP contribution >= 0.6 is 0 Å². The maximum absolute atomic E-state index is 12.1. The number of benzene rings is 1. The zero-order valence-electron chi connectivity index (χ0n) is 10.5. The van der Waals surface area contributed by atoms with Gasteiger partial charge >= 0.3 is 6.03 Å². The van der Waals surface area contributed by atoms with Crippen molar-refractivity contribution < 1.29 is 9.32 Å². The van der Waals surface area contributed by atoms with Crippen LogP contribution < -0.4 is 10.6 Å². The third kappa shape index (κ3) is 1.81. The van der Waals surface area contributed by atoms with Crippen molar-refractivity contribution in [3.05, 3.63) is 30.5 Å². The van der Waals surface area contributed by atoms with Crippen LogP contribution in [0.4, 0.5) is 16.4 Å². The fourth-order valence-electron chi connectivity index (χ4n) is 2.26. The Hall–Kier alpha value is -2.50. The van der Waals surface area contributed by atoms with E-state index >= 15 is 0 Å². The van der Waals surface area contributed by atoms with E-state index in [0.717, 1.165) is 11.3 Å². The lowest BCUT2D eigenvalue weighted by Gasteiger charge is -2.19. The molecular weight excluding hydrogens is 244 g/mol. The van der Waals surface area contributed by atoms with Gasteiger partial charge in [0.15, 0.2) is 0 Å². The Bertz CT molecular complexity index is 623. The Balaban J connectivity index is 2.08. The van der Waals surface area contributed by atoms with Crippen LogP contribution in [0.5, 0.6) is 0 Å². The number of para-hydroxylation sites is 1. The molecule has 0 radical (unpaired) electrons. The second-order valence-corrected chi connectivity index (χ2v) is 4.48. The molecule has 0 spiro atoms. The van der Waals surface area contributed by atoms with Gasteiger partial charge in [-0.3, -0.25) is 4.90 Å². The zero-order valence-corrected chi connectivity index (χ0v) is 10.5. The van der Waals surface area contributed by atoms with E-state index in [0.29, 0.717) is 18.7 Å². The van der Waals surface area contributed by atoms with Crippen LogP contribution in [0.15, 0.2) is 35.0 Å². The molecule has 1 aliphatic heterocycles. The molecule has 2 aromatic rings. The van der Waals surface area contributed by atoms with Gasteiger partial charge in [-0.2, -0.15) is 0 Å². The van der Waals surface area contributed by atoms with Crippen LogP contribution in [0.3, 0.4) is 0 Å². The first kappa shape index (κ1) is 11.6. The van der Waals surface area contributed by atoms with Gasteiger partial charge in [0, 0.05) is 25.7 Å². The highest BCUT2D eigenvalue weighted by molar-refractivity contribution is 5.99. The number of carbonyl (C=O) groups excluding carboxylic acids is 1. The monoisotopic (exact) mass is 258 g/mol. The molecule has 6 nitrogen and oxygen atoms in total. The summed E-state index contributed by atoms with van der Waals surface area (Å²) in [6, 6.07) is 7.59. The lowest BCUT2D eigenvalue weighted by Crippen LogP contribution is -2.29. The molecule has 2 heterocycles. The molecule has 19 heavy (non-hydrogen) atoms. The molecule has 1 fully saturated rings. The number of carbonyl (C=O) groups is 1. The second kappa shape index (κ2) is 4.31. The first-order valence-electron chi connectivity index (χ1n) is 6.00. The van der Waals surface area contributed by atoms with Gasteiger partial charge in [0.05, 0.1) is 17.4 Å². The Morgan fingerprint density at radius 1 is 1.26 bits per heavy atom. The minimum atomic E-state index is -0.0116. The number of nitrogens with two attached hydrogens (primary N) is 1. The Morgan fingerprint density at radius 2 is 2.05 bits per heavy atom. The van der Waals surface area contributed by atoms with Gasteiger partial charge in [-0.1, -0.05) is 23.4 Å². The molecule has 0 aliphatic carbocycles. The number of amides is 2. The van der Waals surface area contributed by atoms with E-state index in [9.17, 15) is 4.79 Å². The van der Waals surface area contributed by atoms with Gasteiger partial charge in [0.1, 0.15) is 0 Å². The van der Waals surface area contributed by atoms with Crippen LogP contribution in [-0.2, 0) is 0 Å². The van der Waals surface area contributed by atoms with Crippen molar-refractivity contribution in [2.24, 2.45) is 0 Å². The molecule has 98 valence electrons. The molecule has 1 aliphatic rings. The van der Waals surface area contributed by atoms with Gasteiger partial charge in [0.25, 0.3) is 0 Å². The third-order valence-corrected chi connectivity index (χ3v) is 3.30. The van der Waals surface area contributed by atoms with Gasteiger partial charge < -0.3 is 15.2 Å². The van der Waals surface area contributed by atoms with E-state index in [1.807, 2.05) is 24.3 Å². The van der Waals surface area contributed by atoms with Crippen LogP contribution in [-0.4, -0.2) is 36.2 Å². The van der Waals surface area contributed by atoms with Gasteiger partial charge in [-0.25, -0.2) is 4.79 Å². The van der Waals surface area contributed by atoms with Crippen molar-refractivity contribution in [1.82, 2.24) is 10.1 Å². The number of urea groups is 1. The highest BCUT2D eigenvalue weighted by Crippen LogP contribution is 2.35. The lowest BCUT2D eigenvalue weighted by atomic mass is 10.1. The average Bonchev–Trinajstić information content (AvgIpc) is 2.98. The van der Waals surface area contributed by atoms with E-state index in [1.165, 1.54) is 0 Å². The molecule has 2 N–H and O–H groups in total. The minimum Gasteiger partial charge on any atom is -0.367 e. The highest BCUT2D eigenvalue weighted by Gasteiger charge is 2.28. The topological polar surface area (TPSA) is 75.6 Å². The fourth-order valence-corrected chi connectivity index (χ4v) is 2.26. The summed E-state index contributed by atoms with van der Waals surface area (Å²) in [4.78, 5) is 15.5. The Labute approximate surface area is 110 Å². The summed E-state index contributed by atoms with van der Waals surface area (Å²) in [7, 11) is 1.79. The quantitative estimate of drug-likeness (QED) is 0.891. The van der Waals surface area contributed by atoms with E-state index in [1.54, 1.807) is 23.0 Å². The SMILES string of the molecule is CN1CCN(c2ccccc2-c2cnoc2N)C1=O. The Kier molecular flexibility index (Phi) is 2.63. The summed E-state index contributed by atoms with van der Waals surface area (Å²) in [6.45, 7) is 1.38. The average molecular weight is 258 g/mol. The second-order valence-electron chi connectivity index (χ2n) is 4.48. The number of likely N-dealkylation sites (N-methyl/N-ethyl adjacent to an activating group) is 1. The van der Waals surface area contributed by atoms with Crippen LogP contribution in [0, 0.1) is 0 Å². The molecular formula is C13H14N4O2. The van der Waals surface area contributed by atoms with Crippen molar-refractivity contribution in [1.29, 1.82) is 0 Å². The van der Waals surface area contributed by atoms with Crippen molar-refractivity contribution >= 4 is 17.6 Å². The van der Waals surface area contributed by atoms with Gasteiger partial charge in [0.2, 0.25) is 5.88 Å². The lowest BCUT2D eigenvalue weighted by molar-refractivity contribution is 0.229. The van der Waals surface area contributed by atoms with Gasteiger partial charge in [-0.15, -0.1) is 0 Å². The highest BCUT2D eigenvalue weighted by atomic mass is 16.5. The number of aromatic nitrogens is 1. The van der Waals surface area contributed by atoms with Gasteiger partial charge in [-0.05, 0) is 6.07 Å². The molecule has 1 saturated heterocycles. The minimum absolute atomic E-state index is 0.0116. The summed E-state index contributed by atoms with van der Waals surface area (Å²) in [5, 5.41) is 3.69. The molecule has 0 saturated carbocycles. The van der Waals surface area contributed by atoms with E-state index in [4.69, 9.17) is 10.3 Å². The Morgan fingerprint density at radius 3 is 2.68 bits per heavy atom. The molecule has 1 aromatic heterocycles. The van der Waals surface area contributed by atoms with Crippen LogP contribution in [0.2, 0.25) is 0 Å². The predicted molar refractivity (Wildman–Crippen MR) is 71.7 cm³/mol. The first-order valence-corrected chi connectivity index (χ1v) is 6.00. The number of hydrogen-bond donors (Lipinski definition) is 1. The third-order valence-electron chi connectivity index (χ3n) is 3.30. The summed E-state index contributed by atoms with van der Waals surface area (Å²) in [5.41, 5.74) is 8.14. The number of rotatable bonds is 2. The normalized spacial score (nSPS) is 15.3. The smallest absolute Gasteiger partial charge is 0.324 e. The molecule has 1 aromatic carbocycles. The van der Waals surface area contributed by atoms with Crippen molar-refractivity contribution in [3.8, 4) is 11.1 Å². The maximum Gasteiger partial charge on any atom is 0.324 e. The molecule has 2 amide bonds.